The number of amides is 1. The van der Waals surface area contributed by atoms with Gasteiger partial charge in [0.1, 0.15) is 5.60 Å². The summed E-state index contributed by atoms with van der Waals surface area (Å²) in [7, 11) is 3.66. The lowest BCUT2D eigenvalue weighted by Gasteiger charge is -2.41. The van der Waals surface area contributed by atoms with Crippen LogP contribution in [0.5, 0.6) is 0 Å². The van der Waals surface area contributed by atoms with Crippen LogP contribution in [-0.4, -0.2) is 48.1 Å². The normalized spacial score (nSPS) is 19.1. The fraction of sp³-hybridized carbons (Fsp3) is 0.643. The molecule has 0 bridgehead atoms. The molecule has 1 saturated carbocycles. The first-order chi connectivity index (χ1) is 9.78. The minimum atomic E-state index is -3.74. The van der Waals surface area contributed by atoms with Crippen molar-refractivity contribution >= 4 is 17.2 Å². The predicted molar refractivity (Wildman–Crippen MR) is 77.5 cm³/mol. The van der Waals surface area contributed by atoms with E-state index in [4.69, 9.17) is 0 Å². The molecule has 1 fully saturated rings. The molecule has 1 atom stereocenters. The highest BCUT2D eigenvalue weighted by Gasteiger charge is 2.61. The van der Waals surface area contributed by atoms with Gasteiger partial charge in [-0.05, 0) is 44.8 Å². The number of carbonyl (C=O) groups excluding carboxylic acids is 1. The van der Waals surface area contributed by atoms with Gasteiger partial charge in [0.25, 0.3) is 5.91 Å². The Labute approximate surface area is 126 Å². The molecule has 1 aromatic heterocycles. The van der Waals surface area contributed by atoms with Gasteiger partial charge in [0, 0.05) is 11.4 Å². The largest absolute Gasteiger partial charge is 0.383 e. The molecule has 2 rings (SSSR count). The number of halogens is 2. The lowest BCUT2D eigenvalue weighted by molar-refractivity contribution is -0.216. The minimum Gasteiger partial charge on any atom is -0.383 e. The van der Waals surface area contributed by atoms with E-state index in [9.17, 15) is 18.7 Å². The molecule has 1 aromatic rings. The SMILES string of the molecule is CN(C)C(CNC(=O)C(F)(F)C1(O)CCC1)c1cccs1. The van der Waals surface area contributed by atoms with E-state index in [0.717, 1.165) is 4.88 Å². The van der Waals surface area contributed by atoms with Gasteiger partial charge in [0.15, 0.2) is 0 Å². The third-order valence-electron chi connectivity index (χ3n) is 4.00. The van der Waals surface area contributed by atoms with E-state index in [0.29, 0.717) is 6.42 Å². The zero-order chi connectivity index (χ0) is 15.7. The molecule has 0 spiro atoms. The van der Waals surface area contributed by atoms with Gasteiger partial charge in [-0.3, -0.25) is 4.79 Å². The van der Waals surface area contributed by atoms with Crippen LogP contribution in [-0.2, 0) is 4.79 Å². The van der Waals surface area contributed by atoms with Gasteiger partial charge in [-0.1, -0.05) is 6.07 Å². The van der Waals surface area contributed by atoms with Crippen molar-refractivity contribution in [2.24, 2.45) is 0 Å². The summed E-state index contributed by atoms with van der Waals surface area (Å²) in [6.07, 6.45) is 0.458. The van der Waals surface area contributed by atoms with Gasteiger partial charge in [-0.15, -0.1) is 11.3 Å². The topological polar surface area (TPSA) is 52.6 Å². The number of hydrogen-bond acceptors (Lipinski definition) is 4. The average molecular weight is 318 g/mol. The summed E-state index contributed by atoms with van der Waals surface area (Å²) in [5.74, 6) is -5.13. The number of thiophene rings is 1. The molecule has 0 saturated heterocycles. The smallest absolute Gasteiger partial charge is 0.352 e. The zero-order valence-corrected chi connectivity index (χ0v) is 12.9. The second-order valence-electron chi connectivity index (χ2n) is 5.66. The average Bonchev–Trinajstić information content (AvgIpc) is 2.89. The van der Waals surface area contributed by atoms with Crippen molar-refractivity contribution in [2.75, 3.05) is 20.6 Å². The van der Waals surface area contributed by atoms with Gasteiger partial charge in [-0.25, -0.2) is 0 Å². The third kappa shape index (κ3) is 3.09. The van der Waals surface area contributed by atoms with E-state index in [-0.39, 0.29) is 25.4 Å². The third-order valence-corrected chi connectivity index (χ3v) is 4.97. The van der Waals surface area contributed by atoms with Crippen LogP contribution in [0.15, 0.2) is 17.5 Å². The molecule has 1 heterocycles. The number of hydrogen-bond donors (Lipinski definition) is 2. The van der Waals surface area contributed by atoms with Gasteiger partial charge in [-0.2, -0.15) is 8.78 Å². The Morgan fingerprint density at radius 3 is 2.67 bits per heavy atom. The maximum atomic E-state index is 14.0. The Bertz CT molecular complexity index is 487. The minimum absolute atomic E-state index is 0.0323. The van der Waals surface area contributed by atoms with Crippen LogP contribution in [0.4, 0.5) is 8.78 Å². The number of carbonyl (C=O) groups is 1. The van der Waals surface area contributed by atoms with Crippen molar-refractivity contribution in [1.29, 1.82) is 0 Å². The number of nitrogens with zero attached hydrogens (tertiary/aromatic N) is 1. The Morgan fingerprint density at radius 2 is 2.24 bits per heavy atom. The summed E-state index contributed by atoms with van der Waals surface area (Å²) in [5.41, 5.74) is -2.17. The summed E-state index contributed by atoms with van der Waals surface area (Å²) in [5, 5.41) is 13.9. The fourth-order valence-corrected chi connectivity index (χ4v) is 3.28. The lowest BCUT2D eigenvalue weighted by atomic mass is 9.75. The second kappa shape index (κ2) is 5.98. The first-order valence-electron chi connectivity index (χ1n) is 6.86. The summed E-state index contributed by atoms with van der Waals surface area (Å²) in [6, 6.07) is 3.61. The number of likely N-dealkylation sites (N-methyl/N-ethyl adjacent to an activating group) is 1. The van der Waals surface area contributed by atoms with E-state index in [1.807, 2.05) is 36.5 Å². The molecule has 1 aliphatic carbocycles. The Hall–Kier alpha value is -1.05. The quantitative estimate of drug-likeness (QED) is 0.844. The Morgan fingerprint density at radius 1 is 1.57 bits per heavy atom. The molecule has 4 nitrogen and oxygen atoms in total. The highest BCUT2D eigenvalue weighted by atomic mass is 32.1. The maximum Gasteiger partial charge on any atom is 0.352 e. The Kier molecular flexibility index (Phi) is 4.65. The summed E-state index contributed by atoms with van der Waals surface area (Å²) < 4.78 is 27.9. The summed E-state index contributed by atoms with van der Waals surface area (Å²) in [4.78, 5) is 14.6. The molecular weight excluding hydrogens is 298 g/mol. The monoisotopic (exact) mass is 318 g/mol. The van der Waals surface area contributed by atoms with Crippen molar-refractivity contribution in [3.05, 3.63) is 22.4 Å². The van der Waals surface area contributed by atoms with Gasteiger partial charge >= 0.3 is 5.92 Å². The number of aliphatic hydroxyl groups is 1. The van der Waals surface area contributed by atoms with E-state index in [2.05, 4.69) is 5.32 Å². The maximum absolute atomic E-state index is 14.0. The Balaban J connectivity index is 1.99. The molecule has 1 unspecified atom stereocenters. The first kappa shape index (κ1) is 16.3. The number of rotatable bonds is 6. The lowest BCUT2D eigenvalue weighted by Crippen LogP contribution is -2.61. The molecule has 7 heteroatoms. The predicted octanol–water partition coefficient (Wildman–Crippen LogP) is 2.02. The van der Waals surface area contributed by atoms with Gasteiger partial charge < -0.3 is 15.3 Å². The molecule has 0 aromatic carbocycles. The zero-order valence-electron chi connectivity index (χ0n) is 12.1. The fourth-order valence-electron chi connectivity index (χ4n) is 2.36. The van der Waals surface area contributed by atoms with Crippen LogP contribution in [0.1, 0.15) is 30.2 Å². The van der Waals surface area contributed by atoms with Crippen molar-refractivity contribution < 1.29 is 18.7 Å². The molecule has 1 aliphatic rings. The van der Waals surface area contributed by atoms with E-state index in [1.165, 1.54) is 11.3 Å². The molecule has 2 N–H and O–H groups in total. The molecule has 0 radical (unpaired) electrons. The van der Waals surface area contributed by atoms with Crippen molar-refractivity contribution in [2.45, 2.75) is 36.8 Å². The highest BCUT2D eigenvalue weighted by Crippen LogP contribution is 2.44. The molecule has 118 valence electrons. The van der Waals surface area contributed by atoms with Gasteiger partial charge in [0.2, 0.25) is 0 Å². The molecular formula is C14H20F2N2O2S. The van der Waals surface area contributed by atoms with Crippen LogP contribution < -0.4 is 5.32 Å². The molecule has 21 heavy (non-hydrogen) atoms. The molecule has 0 aliphatic heterocycles. The van der Waals surface area contributed by atoms with Crippen molar-refractivity contribution in [3.8, 4) is 0 Å². The highest BCUT2D eigenvalue weighted by molar-refractivity contribution is 7.10. The van der Waals surface area contributed by atoms with Crippen LogP contribution >= 0.6 is 11.3 Å². The van der Waals surface area contributed by atoms with Gasteiger partial charge in [0.05, 0.1) is 6.04 Å². The van der Waals surface area contributed by atoms with E-state index < -0.39 is 17.4 Å². The van der Waals surface area contributed by atoms with E-state index >= 15 is 0 Å². The standard InChI is InChI=1S/C14H20F2N2O2S/c1-18(2)10(11-5-3-8-21-11)9-17-12(19)14(15,16)13(20)6-4-7-13/h3,5,8,10,20H,4,6-7,9H2,1-2H3,(H,17,19). The van der Waals surface area contributed by atoms with Crippen LogP contribution in [0.25, 0.3) is 0 Å². The summed E-state index contributed by atoms with van der Waals surface area (Å²) in [6.45, 7) is 0.0814. The number of nitrogens with one attached hydrogen (secondary N) is 1. The van der Waals surface area contributed by atoms with Crippen LogP contribution in [0, 0.1) is 0 Å². The van der Waals surface area contributed by atoms with Crippen LogP contribution in [0.2, 0.25) is 0 Å². The first-order valence-corrected chi connectivity index (χ1v) is 7.74. The number of alkyl halides is 2. The molecule has 1 amide bonds. The van der Waals surface area contributed by atoms with E-state index in [1.54, 1.807) is 0 Å². The summed E-state index contributed by atoms with van der Waals surface area (Å²) >= 11 is 1.51. The van der Waals surface area contributed by atoms with Crippen molar-refractivity contribution in [3.63, 3.8) is 0 Å². The van der Waals surface area contributed by atoms with Crippen molar-refractivity contribution in [1.82, 2.24) is 10.2 Å². The second-order valence-corrected chi connectivity index (χ2v) is 6.64. The van der Waals surface area contributed by atoms with Crippen LogP contribution in [0.3, 0.4) is 0 Å².